The maximum Gasteiger partial charge on any atom is 0.364 e. The molecule has 0 bridgehead atoms. The Bertz CT molecular complexity index is 1040. The summed E-state index contributed by atoms with van der Waals surface area (Å²) in [5, 5.41) is 28.2. The zero-order valence-electron chi connectivity index (χ0n) is 23.5. The van der Waals surface area contributed by atoms with E-state index in [4.69, 9.17) is 4.74 Å². The summed E-state index contributed by atoms with van der Waals surface area (Å²) in [7, 11) is -6.17. The van der Waals surface area contributed by atoms with E-state index in [1.54, 1.807) is 0 Å². The fraction of sp³-hybridized carbons (Fsp3) is 0.964. The van der Waals surface area contributed by atoms with Gasteiger partial charge in [-0.3, -0.25) is 4.79 Å². The molecule has 4 rings (SSSR count). The van der Waals surface area contributed by atoms with Crippen LogP contribution in [0.1, 0.15) is 85.0 Å². The zero-order valence-corrected chi connectivity index (χ0v) is 24.3. The quantitative estimate of drug-likeness (QED) is 0.269. The van der Waals surface area contributed by atoms with Crippen LogP contribution in [0.4, 0.5) is 13.2 Å². The Labute approximate surface area is 234 Å². The number of ether oxygens (including phenoxy) is 1. The van der Waals surface area contributed by atoms with Crippen LogP contribution in [0.25, 0.3) is 0 Å². The second-order valence-corrected chi connectivity index (χ2v) is 15.0. The Morgan fingerprint density at radius 1 is 1.07 bits per heavy atom. The molecule has 4 fully saturated rings. The molecule has 0 aromatic heterocycles. The van der Waals surface area contributed by atoms with Crippen LogP contribution in [-0.4, -0.2) is 70.6 Å². The highest BCUT2D eigenvalue weighted by molar-refractivity contribution is 7.86. The van der Waals surface area contributed by atoms with Gasteiger partial charge in [0, 0.05) is 12.8 Å². The van der Waals surface area contributed by atoms with Crippen molar-refractivity contribution in [2.45, 2.75) is 115 Å². The molecule has 0 spiro atoms. The topological polar surface area (TPSA) is 144 Å². The average Bonchev–Trinajstić information content (AvgIpc) is 3.22. The van der Waals surface area contributed by atoms with Crippen LogP contribution in [0, 0.1) is 46.3 Å². The van der Waals surface area contributed by atoms with E-state index in [0.29, 0.717) is 25.7 Å². The highest BCUT2D eigenvalue weighted by atomic mass is 32.2. The van der Waals surface area contributed by atoms with Crippen LogP contribution in [0.2, 0.25) is 0 Å². The third-order valence-corrected chi connectivity index (χ3v) is 12.6. The van der Waals surface area contributed by atoms with Crippen molar-refractivity contribution >= 4 is 16.1 Å². The van der Waals surface area contributed by atoms with E-state index in [1.807, 2.05) is 6.92 Å². The molecule has 0 radical (unpaired) electrons. The van der Waals surface area contributed by atoms with Gasteiger partial charge in [-0.25, -0.2) is 12.8 Å². The molecule has 12 heteroatoms. The van der Waals surface area contributed by atoms with E-state index in [-0.39, 0.29) is 53.4 Å². The lowest BCUT2D eigenvalue weighted by atomic mass is 9.43. The lowest BCUT2D eigenvalue weighted by Gasteiger charge is -2.63. The highest BCUT2D eigenvalue weighted by Crippen LogP contribution is 2.68. The number of aliphatic hydroxyl groups excluding tert-OH is 3. The molecule has 8 nitrogen and oxygen atoms in total. The van der Waals surface area contributed by atoms with Crippen molar-refractivity contribution in [2.24, 2.45) is 46.3 Å². The minimum absolute atomic E-state index is 0.00603. The maximum atomic E-state index is 13.6. The molecule has 4 saturated carbocycles. The minimum Gasteiger partial charge on any atom is -0.743 e. The first-order chi connectivity index (χ1) is 18.4. The van der Waals surface area contributed by atoms with Crippen molar-refractivity contribution in [1.82, 2.24) is 0 Å². The third-order valence-electron chi connectivity index (χ3n) is 11.7. The summed E-state index contributed by atoms with van der Waals surface area (Å²) in [6.07, 6.45) is -0.169. The second kappa shape index (κ2) is 11.3. The Hall–Kier alpha value is -0.950. The number of carbonyl (C=O) groups excluding carboxylic acids is 1. The summed E-state index contributed by atoms with van der Waals surface area (Å²) in [5.74, 6) is -0.0474. The number of esters is 1. The van der Waals surface area contributed by atoms with E-state index in [1.165, 1.54) is 0 Å². The zero-order chi connectivity index (χ0) is 29.8. The predicted octanol–water partition coefficient (Wildman–Crippen LogP) is 3.77. The fourth-order valence-electron chi connectivity index (χ4n) is 9.35. The van der Waals surface area contributed by atoms with Crippen LogP contribution in [-0.2, 0) is 19.6 Å². The first-order valence-corrected chi connectivity index (χ1v) is 16.0. The van der Waals surface area contributed by atoms with Gasteiger partial charge in [0.25, 0.3) is 0 Å². The first kappa shape index (κ1) is 32.0. The summed E-state index contributed by atoms with van der Waals surface area (Å²) >= 11 is 0. The molecule has 0 amide bonds. The van der Waals surface area contributed by atoms with Crippen molar-refractivity contribution in [3.05, 3.63) is 0 Å². The molecule has 12 atom stereocenters. The van der Waals surface area contributed by atoms with E-state index in [9.17, 15) is 46.3 Å². The normalized spacial score (nSPS) is 43.2. The molecule has 40 heavy (non-hydrogen) atoms. The van der Waals surface area contributed by atoms with Gasteiger partial charge < -0.3 is 24.6 Å². The number of hydrogen-bond acceptors (Lipinski definition) is 8. The molecule has 0 heterocycles. The van der Waals surface area contributed by atoms with Gasteiger partial charge in [-0.2, -0.15) is 8.78 Å². The van der Waals surface area contributed by atoms with Crippen LogP contribution >= 0.6 is 0 Å². The van der Waals surface area contributed by atoms with Crippen LogP contribution in [0.3, 0.4) is 0 Å². The Kier molecular flexibility index (Phi) is 9.02. The largest absolute Gasteiger partial charge is 0.743 e. The molecular formula is C28H44F3O8S-. The first-order valence-electron chi connectivity index (χ1n) is 14.6. The van der Waals surface area contributed by atoms with Gasteiger partial charge in [0.05, 0.1) is 24.9 Å². The SMILES string of the molecule is C[C@H](CCC(=O)OCCC(F)C(F)(F)S(=O)(=O)[O-])[C@H]1CC[C@H]2[C@@H]3[C@H](O)C[C@@H]4C[C@H](O)CC[C@]4(C)[C@H]3C[C@H](O)[C@]12C. The number of carbonyl (C=O) groups is 1. The Morgan fingerprint density at radius 3 is 2.40 bits per heavy atom. The van der Waals surface area contributed by atoms with E-state index in [2.05, 4.69) is 13.8 Å². The Morgan fingerprint density at radius 2 is 1.75 bits per heavy atom. The van der Waals surface area contributed by atoms with Crippen molar-refractivity contribution in [1.29, 1.82) is 0 Å². The summed E-state index contributed by atoms with van der Waals surface area (Å²) in [6, 6.07) is 0. The van der Waals surface area contributed by atoms with Crippen molar-refractivity contribution in [3.63, 3.8) is 0 Å². The minimum atomic E-state index is -6.17. The number of halogens is 3. The lowest BCUT2D eigenvalue weighted by molar-refractivity contribution is -0.207. The van der Waals surface area contributed by atoms with Gasteiger partial charge in [0.2, 0.25) is 0 Å². The van der Waals surface area contributed by atoms with E-state index >= 15 is 0 Å². The van der Waals surface area contributed by atoms with Gasteiger partial charge in [-0.05, 0) is 97.7 Å². The number of rotatable bonds is 9. The number of hydrogen-bond donors (Lipinski definition) is 3. The molecular weight excluding hydrogens is 553 g/mol. The van der Waals surface area contributed by atoms with Gasteiger partial charge in [0.1, 0.15) is 0 Å². The number of fused-ring (bicyclic) bond motifs is 5. The van der Waals surface area contributed by atoms with E-state index < -0.39 is 58.2 Å². The Balaban J connectivity index is 1.35. The summed E-state index contributed by atoms with van der Waals surface area (Å²) in [5.41, 5.74) is -0.473. The third kappa shape index (κ3) is 5.44. The maximum absolute atomic E-state index is 13.6. The van der Waals surface area contributed by atoms with Crippen molar-refractivity contribution < 1.29 is 51.0 Å². The van der Waals surface area contributed by atoms with Crippen LogP contribution in [0.5, 0.6) is 0 Å². The highest BCUT2D eigenvalue weighted by Gasteiger charge is 2.65. The van der Waals surface area contributed by atoms with Crippen molar-refractivity contribution in [2.75, 3.05) is 6.61 Å². The summed E-state index contributed by atoms with van der Waals surface area (Å²) in [6.45, 7) is 5.59. The lowest BCUT2D eigenvalue weighted by Crippen LogP contribution is -2.62. The molecule has 1 unspecified atom stereocenters. The smallest absolute Gasteiger partial charge is 0.364 e. The predicted molar refractivity (Wildman–Crippen MR) is 138 cm³/mol. The molecule has 232 valence electrons. The fourth-order valence-corrected chi connectivity index (χ4v) is 9.78. The number of alkyl halides is 3. The monoisotopic (exact) mass is 597 g/mol. The van der Waals surface area contributed by atoms with Crippen LogP contribution < -0.4 is 0 Å². The molecule has 3 N–H and O–H groups in total. The van der Waals surface area contributed by atoms with Gasteiger partial charge >= 0.3 is 11.2 Å². The van der Waals surface area contributed by atoms with E-state index in [0.717, 1.165) is 25.7 Å². The average molecular weight is 598 g/mol. The number of aliphatic hydroxyl groups is 3. The second-order valence-electron chi connectivity index (χ2n) is 13.5. The standard InChI is InChI=1S/C28H45F3O8S/c1-15(4-7-24(35)39-11-9-22(29)28(30,31)40(36,37)38)18-5-6-19-25-20(14-23(34)27(18,19)3)26(2)10-8-17(32)12-16(26)13-21(25)33/h15-23,25,32-34H,4-14H2,1-3H3,(H,36,37,38)/p-1/t15-,16+,17-,18-,19+,20+,21-,22?,23+,25+,26+,27-/m1/s1. The summed E-state index contributed by atoms with van der Waals surface area (Å²) in [4.78, 5) is 12.2. The van der Waals surface area contributed by atoms with Crippen LogP contribution in [0.15, 0.2) is 0 Å². The van der Waals surface area contributed by atoms with Gasteiger partial charge in [-0.15, -0.1) is 0 Å². The van der Waals surface area contributed by atoms with Gasteiger partial charge in [0.15, 0.2) is 16.3 Å². The molecule has 0 saturated heterocycles. The van der Waals surface area contributed by atoms with Crippen molar-refractivity contribution in [3.8, 4) is 0 Å². The molecule has 4 aliphatic carbocycles. The molecule has 4 aliphatic rings. The molecule has 0 aliphatic heterocycles. The van der Waals surface area contributed by atoms with Gasteiger partial charge in [-0.1, -0.05) is 20.8 Å². The molecule has 0 aromatic carbocycles. The molecule has 0 aromatic rings. The summed E-state index contributed by atoms with van der Waals surface area (Å²) < 4.78 is 76.6.